The van der Waals surface area contributed by atoms with Crippen molar-refractivity contribution in [1.82, 2.24) is 25.5 Å². The van der Waals surface area contributed by atoms with Gasteiger partial charge in [-0.2, -0.15) is 4.80 Å². The highest BCUT2D eigenvalue weighted by Crippen LogP contribution is 2.13. The Morgan fingerprint density at radius 2 is 1.88 bits per heavy atom. The van der Waals surface area contributed by atoms with Gasteiger partial charge in [0.05, 0.1) is 0 Å². The van der Waals surface area contributed by atoms with Crippen LogP contribution in [-0.2, 0) is 11.3 Å². The van der Waals surface area contributed by atoms with Crippen LogP contribution in [0.5, 0.6) is 0 Å². The molecule has 2 rings (SSSR count). The van der Waals surface area contributed by atoms with Gasteiger partial charge in [-0.1, -0.05) is 56.5 Å². The highest BCUT2D eigenvalue weighted by Gasteiger charge is 2.11. The molecule has 0 aliphatic rings. The number of carbonyl (C=O) groups excluding carboxylic acids is 1. The van der Waals surface area contributed by atoms with Crippen molar-refractivity contribution in [3.05, 3.63) is 29.8 Å². The zero-order valence-electron chi connectivity index (χ0n) is 15.0. The van der Waals surface area contributed by atoms with E-state index in [0.717, 1.165) is 18.4 Å². The van der Waals surface area contributed by atoms with Gasteiger partial charge in [-0.05, 0) is 31.4 Å². The molecular formula is C18H27N5O. The average Bonchev–Trinajstić information content (AvgIpc) is 2.95. The monoisotopic (exact) mass is 329 g/mol. The number of hydrogen-bond donors (Lipinski definition) is 1. The van der Waals surface area contributed by atoms with Gasteiger partial charge in [0.25, 0.3) is 0 Å². The highest BCUT2D eigenvalue weighted by molar-refractivity contribution is 5.75. The second-order valence-corrected chi connectivity index (χ2v) is 6.80. The van der Waals surface area contributed by atoms with Gasteiger partial charge in [0.1, 0.15) is 6.54 Å². The van der Waals surface area contributed by atoms with E-state index >= 15 is 0 Å². The van der Waals surface area contributed by atoms with Crippen molar-refractivity contribution in [1.29, 1.82) is 0 Å². The van der Waals surface area contributed by atoms with E-state index in [0.29, 0.717) is 11.7 Å². The molecule has 0 fully saturated rings. The summed E-state index contributed by atoms with van der Waals surface area (Å²) in [4.78, 5) is 13.4. The summed E-state index contributed by atoms with van der Waals surface area (Å²) in [7, 11) is 0. The van der Waals surface area contributed by atoms with Gasteiger partial charge >= 0.3 is 0 Å². The molecule has 1 aromatic carbocycles. The van der Waals surface area contributed by atoms with Gasteiger partial charge in [0.15, 0.2) is 0 Å². The highest BCUT2D eigenvalue weighted by atomic mass is 16.2. The number of tetrazole rings is 1. The van der Waals surface area contributed by atoms with Crippen LogP contribution in [0.2, 0.25) is 0 Å². The van der Waals surface area contributed by atoms with Crippen LogP contribution in [0.15, 0.2) is 24.3 Å². The summed E-state index contributed by atoms with van der Waals surface area (Å²) >= 11 is 0. The maximum atomic E-state index is 12.1. The van der Waals surface area contributed by atoms with Crippen LogP contribution in [0, 0.1) is 12.8 Å². The SMILES string of the molecule is Cc1ccc(-c2nnn(CC(=O)N[C@H](C)CCCC(C)C)n2)cc1. The first-order chi connectivity index (χ1) is 11.4. The number of nitrogens with one attached hydrogen (secondary N) is 1. The van der Waals surface area contributed by atoms with E-state index in [1.807, 2.05) is 38.1 Å². The van der Waals surface area contributed by atoms with Crippen molar-refractivity contribution >= 4 is 5.91 Å². The Morgan fingerprint density at radius 3 is 2.54 bits per heavy atom. The fraction of sp³-hybridized carbons (Fsp3) is 0.556. The van der Waals surface area contributed by atoms with Crippen molar-refractivity contribution in [3.63, 3.8) is 0 Å². The predicted octanol–water partition coefficient (Wildman–Crippen LogP) is 2.98. The molecular weight excluding hydrogens is 302 g/mol. The second-order valence-electron chi connectivity index (χ2n) is 6.80. The molecule has 6 nitrogen and oxygen atoms in total. The molecule has 1 amide bonds. The minimum Gasteiger partial charge on any atom is -0.352 e. The summed E-state index contributed by atoms with van der Waals surface area (Å²) in [6.07, 6.45) is 3.30. The third-order valence-electron chi connectivity index (χ3n) is 3.87. The van der Waals surface area contributed by atoms with Crippen molar-refractivity contribution in [3.8, 4) is 11.4 Å². The number of rotatable bonds is 8. The average molecular weight is 329 g/mol. The first-order valence-electron chi connectivity index (χ1n) is 8.58. The lowest BCUT2D eigenvalue weighted by Gasteiger charge is -2.14. The van der Waals surface area contributed by atoms with E-state index in [-0.39, 0.29) is 18.5 Å². The summed E-state index contributed by atoms with van der Waals surface area (Å²) in [5.74, 6) is 1.15. The summed E-state index contributed by atoms with van der Waals surface area (Å²) in [6.45, 7) is 8.58. The Balaban J connectivity index is 1.83. The van der Waals surface area contributed by atoms with Crippen molar-refractivity contribution in [2.75, 3.05) is 0 Å². The van der Waals surface area contributed by atoms with Crippen molar-refractivity contribution in [2.45, 2.75) is 59.5 Å². The zero-order valence-corrected chi connectivity index (χ0v) is 15.0. The van der Waals surface area contributed by atoms with E-state index in [1.54, 1.807) is 0 Å². The van der Waals surface area contributed by atoms with Crippen LogP contribution in [0.1, 0.15) is 45.6 Å². The molecule has 0 saturated carbocycles. The van der Waals surface area contributed by atoms with Crippen LogP contribution in [0.4, 0.5) is 0 Å². The lowest BCUT2D eigenvalue weighted by Crippen LogP contribution is -2.35. The Bertz CT molecular complexity index is 648. The normalized spacial score (nSPS) is 12.4. The van der Waals surface area contributed by atoms with Crippen molar-refractivity contribution in [2.24, 2.45) is 5.92 Å². The molecule has 1 N–H and O–H groups in total. The Hall–Kier alpha value is -2.24. The lowest BCUT2D eigenvalue weighted by molar-refractivity contribution is -0.122. The first kappa shape index (κ1) is 18.1. The molecule has 130 valence electrons. The van der Waals surface area contributed by atoms with Crippen molar-refractivity contribution < 1.29 is 4.79 Å². The Morgan fingerprint density at radius 1 is 1.17 bits per heavy atom. The summed E-state index contributed by atoms with van der Waals surface area (Å²) < 4.78 is 0. The summed E-state index contributed by atoms with van der Waals surface area (Å²) in [5.41, 5.74) is 2.08. The number of aryl methyl sites for hydroxylation is 1. The number of amides is 1. The molecule has 0 unspecified atom stereocenters. The molecule has 0 spiro atoms. The molecule has 0 aliphatic carbocycles. The number of nitrogens with zero attached hydrogens (tertiary/aromatic N) is 4. The standard InChI is InChI=1S/C18H27N5O/c1-13(2)6-5-7-15(4)19-17(24)12-23-21-18(20-22-23)16-10-8-14(3)9-11-16/h8-11,13,15H,5-7,12H2,1-4H3,(H,19,24)/t15-/m1/s1. The predicted molar refractivity (Wildman–Crippen MR) is 94.3 cm³/mol. The Labute approximate surface area is 143 Å². The van der Waals surface area contributed by atoms with E-state index in [1.165, 1.54) is 16.8 Å². The Kier molecular flexibility index (Phi) is 6.46. The second kappa shape index (κ2) is 8.57. The topological polar surface area (TPSA) is 72.7 Å². The fourth-order valence-corrected chi connectivity index (χ4v) is 2.48. The molecule has 1 heterocycles. The van der Waals surface area contributed by atoms with Gasteiger partial charge < -0.3 is 5.32 Å². The largest absolute Gasteiger partial charge is 0.352 e. The van der Waals surface area contributed by atoms with Gasteiger partial charge in [0.2, 0.25) is 11.7 Å². The van der Waals surface area contributed by atoms with Crippen LogP contribution in [0.25, 0.3) is 11.4 Å². The number of benzene rings is 1. The molecule has 6 heteroatoms. The third kappa shape index (κ3) is 5.76. The summed E-state index contributed by atoms with van der Waals surface area (Å²) in [5, 5.41) is 15.2. The van der Waals surface area contributed by atoms with Gasteiger partial charge in [-0.15, -0.1) is 10.2 Å². The number of hydrogen-bond acceptors (Lipinski definition) is 4. The van der Waals surface area contributed by atoms with Crippen LogP contribution >= 0.6 is 0 Å². The third-order valence-corrected chi connectivity index (χ3v) is 3.87. The molecule has 0 bridgehead atoms. The molecule has 1 atom stereocenters. The molecule has 1 aromatic heterocycles. The molecule has 0 radical (unpaired) electrons. The van der Waals surface area contributed by atoms with Crippen LogP contribution in [-0.4, -0.2) is 32.2 Å². The lowest BCUT2D eigenvalue weighted by atomic mass is 10.0. The fourth-order valence-electron chi connectivity index (χ4n) is 2.48. The van der Waals surface area contributed by atoms with E-state index in [2.05, 4.69) is 34.6 Å². The first-order valence-corrected chi connectivity index (χ1v) is 8.58. The minimum atomic E-state index is -0.0834. The smallest absolute Gasteiger partial charge is 0.243 e. The molecule has 0 saturated heterocycles. The maximum Gasteiger partial charge on any atom is 0.243 e. The molecule has 0 aliphatic heterocycles. The minimum absolute atomic E-state index is 0.0834. The van der Waals surface area contributed by atoms with E-state index in [4.69, 9.17) is 0 Å². The number of carbonyl (C=O) groups is 1. The molecule has 24 heavy (non-hydrogen) atoms. The van der Waals surface area contributed by atoms with E-state index in [9.17, 15) is 4.79 Å². The molecule has 2 aromatic rings. The number of aromatic nitrogens is 4. The maximum absolute atomic E-state index is 12.1. The zero-order chi connectivity index (χ0) is 17.5. The summed E-state index contributed by atoms with van der Waals surface area (Å²) in [6, 6.07) is 8.07. The van der Waals surface area contributed by atoms with Gasteiger partial charge in [-0.25, -0.2) is 0 Å². The van der Waals surface area contributed by atoms with E-state index < -0.39 is 0 Å². The van der Waals surface area contributed by atoms with Gasteiger partial charge in [-0.3, -0.25) is 4.79 Å². The van der Waals surface area contributed by atoms with Crippen LogP contribution in [0.3, 0.4) is 0 Å². The van der Waals surface area contributed by atoms with Gasteiger partial charge in [0, 0.05) is 11.6 Å². The quantitative estimate of drug-likeness (QED) is 0.808. The van der Waals surface area contributed by atoms with Crippen LogP contribution < -0.4 is 5.32 Å².